The first-order valence-corrected chi connectivity index (χ1v) is 13.3. The molecule has 3 aromatic heterocycles. The number of hydrogen-bond donors (Lipinski definition) is 1. The van der Waals surface area contributed by atoms with Crippen molar-refractivity contribution in [3.05, 3.63) is 45.6 Å². The van der Waals surface area contributed by atoms with Crippen LogP contribution in [0, 0.1) is 0 Å². The number of carbonyl (C=O) groups is 2. The maximum atomic E-state index is 12.8. The molecule has 0 bridgehead atoms. The van der Waals surface area contributed by atoms with Crippen LogP contribution in [0.4, 0.5) is 5.00 Å². The Balaban J connectivity index is 1.31. The van der Waals surface area contributed by atoms with Crippen molar-refractivity contribution >= 4 is 61.4 Å². The zero-order chi connectivity index (χ0) is 22.9. The molecule has 1 aromatic carbocycles. The average molecular weight is 499 g/mol. The minimum absolute atomic E-state index is 0.166. The maximum absolute atomic E-state index is 12.8. The summed E-state index contributed by atoms with van der Waals surface area (Å²) in [5.74, 6) is 0.362. The van der Waals surface area contributed by atoms with Crippen LogP contribution < -0.4 is 5.32 Å². The molecular weight excluding hydrogens is 476 g/mol. The monoisotopic (exact) mass is 498 g/mol. The minimum Gasteiger partial charge on any atom is -0.465 e. The summed E-state index contributed by atoms with van der Waals surface area (Å²) in [5, 5.41) is 16.1. The van der Waals surface area contributed by atoms with Crippen molar-refractivity contribution in [2.75, 3.05) is 18.2 Å². The summed E-state index contributed by atoms with van der Waals surface area (Å²) in [4.78, 5) is 26.3. The van der Waals surface area contributed by atoms with Crippen LogP contribution in [0.2, 0.25) is 0 Å². The highest BCUT2D eigenvalue weighted by Crippen LogP contribution is 2.39. The predicted octanol–water partition coefficient (Wildman–Crippen LogP) is 5.15. The topological polar surface area (TPSA) is 86.1 Å². The normalized spacial score (nSPS) is 13.2. The molecule has 0 unspecified atom stereocenters. The Morgan fingerprint density at radius 3 is 2.88 bits per heavy atom. The molecule has 1 aliphatic rings. The molecular formula is C23H22N4O3S3. The highest BCUT2D eigenvalue weighted by atomic mass is 32.2. The molecule has 0 spiro atoms. The van der Waals surface area contributed by atoms with Gasteiger partial charge < -0.3 is 14.6 Å². The second-order valence-corrected chi connectivity index (χ2v) is 10.7. The molecule has 5 rings (SSSR count). The molecule has 0 atom stereocenters. The van der Waals surface area contributed by atoms with E-state index in [9.17, 15) is 9.59 Å². The van der Waals surface area contributed by atoms with Gasteiger partial charge in [0.25, 0.3) is 0 Å². The summed E-state index contributed by atoms with van der Waals surface area (Å²) < 4.78 is 8.10. The first kappa shape index (κ1) is 22.1. The first-order valence-electron chi connectivity index (χ1n) is 10.6. The number of nitrogens with zero attached hydrogens (tertiary/aromatic N) is 3. The maximum Gasteiger partial charge on any atom is 0.341 e. The number of thiophene rings is 2. The summed E-state index contributed by atoms with van der Waals surface area (Å²) in [6.07, 6.45) is 3.93. The Labute approximate surface area is 203 Å². The molecule has 4 aromatic rings. The zero-order valence-corrected chi connectivity index (χ0v) is 20.7. The first-order chi connectivity index (χ1) is 16.1. The minimum atomic E-state index is -0.390. The third kappa shape index (κ3) is 4.18. The van der Waals surface area contributed by atoms with Gasteiger partial charge in [-0.2, -0.15) is 0 Å². The molecule has 170 valence electrons. The predicted molar refractivity (Wildman–Crippen MR) is 133 cm³/mol. The largest absolute Gasteiger partial charge is 0.465 e. The standard InChI is InChI=1S/C23H22N4O3S3/c1-27-20(15-11-31-16-9-5-3-7-13(15)16)25-26-23(27)32-12-18(28)24-21-19(22(29)30-2)14-8-4-6-10-17(14)33-21/h3,5,7,9,11H,4,6,8,10,12H2,1-2H3,(H,24,28). The third-order valence-corrected chi connectivity index (χ3v) is 8.89. The van der Waals surface area contributed by atoms with Gasteiger partial charge in [-0.05, 0) is 37.3 Å². The number of thioether (sulfide) groups is 1. The number of nitrogens with one attached hydrogen (secondary N) is 1. The van der Waals surface area contributed by atoms with E-state index in [-0.39, 0.29) is 11.7 Å². The van der Waals surface area contributed by atoms with E-state index >= 15 is 0 Å². The van der Waals surface area contributed by atoms with Crippen molar-refractivity contribution in [1.82, 2.24) is 14.8 Å². The van der Waals surface area contributed by atoms with E-state index in [4.69, 9.17) is 4.74 Å². The van der Waals surface area contributed by atoms with Gasteiger partial charge in [0.15, 0.2) is 11.0 Å². The Morgan fingerprint density at radius 2 is 2.03 bits per heavy atom. The van der Waals surface area contributed by atoms with E-state index in [1.54, 1.807) is 11.3 Å². The number of fused-ring (bicyclic) bond motifs is 2. The fraction of sp³-hybridized carbons (Fsp3) is 0.304. The lowest BCUT2D eigenvalue weighted by molar-refractivity contribution is -0.113. The molecule has 3 heterocycles. The summed E-state index contributed by atoms with van der Waals surface area (Å²) in [7, 11) is 3.28. The highest BCUT2D eigenvalue weighted by molar-refractivity contribution is 7.99. The molecule has 0 saturated heterocycles. The van der Waals surface area contributed by atoms with Crippen molar-refractivity contribution in [1.29, 1.82) is 0 Å². The van der Waals surface area contributed by atoms with E-state index in [2.05, 4.69) is 33.0 Å². The number of ether oxygens (including phenoxy) is 1. The van der Waals surface area contributed by atoms with Gasteiger partial charge in [-0.15, -0.1) is 32.9 Å². The molecule has 33 heavy (non-hydrogen) atoms. The lowest BCUT2D eigenvalue weighted by atomic mass is 9.95. The van der Waals surface area contributed by atoms with E-state index in [0.29, 0.717) is 15.7 Å². The Bertz CT molecular complexity index is 1350. The Hall–Kier alpha value is -2.69. The number of methoxy groups -OCH3 is 1. The molecule has 0 saturated carbocycles. The van der Waals surface area contributed by atoms with Gasteiger partial charge in [0.2, 0.25) is 5.91 Å². The van der Waals surface area contributed by atoms with Crippen LogP contribution >= 0.6 is 34.4 Å². The Kier molecular flexibility index (Phi) is 6.22. The zero-order valence-electron chi connectivity index (χ0n) is 18.2. The number of anilines is 1. The quantitative estimate of drug-likeness (QED) is 0.292. The number of esters is 1. The average Bonchev–Trinajstić information content (AvgIpc) is 3.51. The van der Waals surface area contributed by atoms with E-state index in [0.717, 1.165) is 48.0 Å². The molecule has 10 heteroatoms. The van der Waals surface area contributed by atoms with Crippen LogP contribution in [0.1, 0.15) is 33.6 Å². The fourth-order valence-electron chi connectivity index (χ4n) is 4.09. The molecule has 0 fully saturated rings. The summed E-state index contributed by atoms with van der Waals surface area (Å²) in [5.41, 5.74) is 2.58. The molecule has 1 amide bonds. The summed E-state index contributed by atoms with van der Waals surface area (Å²) in [6.45, 7) is 0. The van der Waals surface area contributed by atoms with Gasteiger partial charge in [0.05, 0.1) is 18.4 Å². The van der Waals surface area contributed by atoms with Crippen molar-refractivity contribution in [2.24, 2.45) is 7.05 Å². The van der Waals surface area contributed by atoms with E-state index in [1.807, 2.05) is 23.7 Å². The molecule has 7 nitrogen and oxygen atoms in total. The van der Waals surface area contributed by atoms with Crippen molar-refractivity contribution in [2.45, 2.75) is 30.8 Å². The summed E-state index contributed by atoms with van der Waals surface area (Å²) in [6, 6.07) is 8.20. The van der Waals surface area contributed by atoms with Crippen LogP contribution in [0.15, 0.2) is 34.8 Å². The number of hydrogen-bond acceptors (Lipinski definition) is 8. The van der Waals surface area contributed by atoms with E-state index in [1.165, 1.54) is 39.8 Å². The second kappa shape index (κ2) is 9.28. The molecule has 1 aliphatic carbocycles. The molecule has 0 aliphatic heterocycles. The SMILES string of the molecule is COC(=O)c1c(NC(=O)CSc2nnc(-c3csc4ccccc34)n2C)sc2c1CCCC2. The second-order valence-electron chi connectivity index (χ2n) is 7.75. The van der Waals surface area contributed by atoms with Crippen LogP contribution in [-0.2, 0) is 29.4 Å². The number of amides is 1. The van der Waals surface area contributed by atoms with Crippen molar-refractivity contribution in [3.8, 4) is 11.4 Å². The van der Waals surface area contributed by atoms with Crippen LogP contribution in [-0.4, -0.2) is 39.5 Å². The number of benzene rings is 1. The van der Waals surface area contributed by atoms with Gasteiger partial charge in [0, 0.05) is 33.0 Å². The van der Waals surface area contributed by atoms with Gasteiger partial charge >= 0.3 is 5.97 Å². The smallest absolute Gasteiger partial charge is 0.341 e. The Morgan fingerprint density at radius 1 is 1.21 bits per heavy atom. The van der Waals surface area contributed by atoms with Crippen LogP contribution in [0.3, 0.4) is 0 Å². The summed E-state index contributed by atoms with van der Waals surface area (Å²) >= 11 is 4.48. The number of rotatable bonds is 6. The fourth-order valence-corrected chi connectivity index (χ4v) is 7.03. The molecule has 0 radical (unpaired) electrons. The number of aryl methyl sites for hydroxylation is 1. The number of aromatic nitrogens is 3. The van der Waals surface area contributed by atoms with Crippen molar-refractivity contribution < 1.29 is 14.3 Å². The lowest BCUT2D eigenvalue weighted by Gasteiger charge is -2.11. The van der Waals surface area contributed by atoms with Gasteiger partial charge in [0.1, 0.15) is 5.00 Å². The number of carbonyl (C=O) groups excluding carboxylic acids is 2. The van der Waals surface area contributed by atoms with Crippen molar-refractivity contribution in [3.63, 3.8) is 0 Å². The molecule has 1 N–H and O–H groups in total. The third-order valence-electron chi connectivity index (χ3n) is 5.70. The lowest BCUT2D eigenvalue weighted by Crippen LogP contribution is -2.16. The van der Waals surface area contributed by atoms with Gasteiger partial charge in [-0.25, -0.2) is 4.79 Å². The van der Waals surface area contributed by atoms with Gasteiger partial charge in [-0.3, -0.25) is 4.79 Å². The van der Waals surface area contributed by atoms with Crippen LogP contribution in [0.5, 0.6) is 0 Å². The highest BCUT2D eigenvalue weighted by Gasteiger charge is 2.27. The van der Waals surface area contributed by atoms with E-state index < -0.39 is 5.97 Å². The van der Waals surface area contributed by atoms with Crippen LogP contribution in [0.25, 0.3) is 21.5 Å². The van der Waals surface area contributed by atoms with Gasteiger partial charge in [-0.1, -0.05) is 30.0 Å².